The van der Waals surface area contributed by atoms with Crippen LogP contribution < -0.4 is 5.32 Å². The molecular formula is C24H37N3O4. The van der Waals surface area contributed by atoms with Crippen LogP contribution in [0.1, 0.15) is 52.5 Å². The molecule has 0 aromatic heterocycles. The predicted octanol–water partition coefficient (Wildman–Crippen LogP) is 3.18. The summed E-state index contributed by atoms with van der Waals surface area (Å²) in [4.78, 5) is 29.1. The van der Waals surface area contributed by atoms with E-state index in [-0.39, 0.29) is 30.2 Å². The highest BCUT2D eigenvalue weighted by atomic mass is 16.6. The van der Waals surface area contributed by atoms with E-state index in [2.05, 4.69) is 34.5 Å². The second kappa shape index (κ2) is 10.5. The molecule has 2 fully saturated rings. The number of piperidine rings is 1. The summed E-state index contributed by atoms with van der Waals surface area (Å²) >= 11 is 0. The first-order valence-corrected chi connectivity index (χ1v) is 11.4. The highest BCUT2D eigenvalue weighted by Crippen LogP contribution is 2.21. The van der Waals surface area contributed by atoms with Crippen molar-refractivity contribution in [1.82, 2.24) is 15.1 Å². The van der Waals surface area contributed by atoms with Crippen molar-refractivity contribution in [2.24, 2.45) is 0 Å². The highest BCUT2D eigenvalue weighted by Gasteiger charge is 2.33. The highest BCUT2D eigenvalue weighted by molar-refractivity contribution is 5.77. The molecule has 0 radical (unpaired) electrons. The minimum atomic E-state index is -0.504. The number of benzene rings is 1. The van der Waals surface area contributed by atoms with E-state index in [4.69, 9.17) is 9.47 Å². The molecule has 0 unspecified atom stereocenters. The Labute approximate surface area is 186 Å². The van der Waals surface area contributed by atoms with Gasteiger partial charge in [-0.2, -0.15) is 0 Å². The molecule has 2 saturated heterocycles. The smallest absolute Gasteiger partial charge is 0.410 e. The zero-order chi connectivity index (χ0) is 22.4. The van der Waals surface area contributed by atoms with Gasteiger partial charge in [-0.1, -0.05) is 30.3 Å². The average molecular weight is 432 g/mol. The van der Waals surface area contributed by atoms with Crippen LogP contribution >= 0.6 is 0 Å². The number of likely N-dealkylation sites (tertiary alicyclic amines) is 1. The number of ether oxygens (including phenoxy) is 2. The Balaban J connectivity index is 1.42. The van der Waals surface area contributed by atoms with Gasteiger partial charge in [-0.05, 0) is 46.1 Å². The lowest BCUT2D eigenvalue weighted by molar-refractivity contribution is -0.127. The van der Waals surface area contributed by atoms with Crippen LogP contribution in [0.15, 0.2) is 30.3 Å². The lowest BCUT2D eigenvalue weighted by atomic mass is 9.98. The molecule has 3 rings (SSSR count). The zero-order valence-electron chi connectivity index (χ0n) is 19.3. The Kier molecular flexibility index (Phi) is 7.94. The number of rotatable bonds is 5. The van der Waals surface area contributed by atoms with Gasteiger partial charge in [-0.3, -0.25) is 9.69 Å². The second-order valence-corrected chi connectivity index (χ2v) is 9.73. The Morgan fingerprint density at radius 2 is 1.94 bits per heavy atom. The van der Waals surface area contributed by atoms with Crippen molar-refractivity contribution >= 4 is 12.0 Å². The molecule has 2 amide bonds. The summed E-state index contributed by atoms with van der Waals surface area (Å²) in [6, 6.07) is 10.5. The van der Waals surface area contributed by atoms with Crippen LogP contribution in [0.25, 0.3) is 0 Å². The monoisotopic (exact) mass is 431 g/mol. The lowest BCUT2D eigenvalue weighted by Crippen LogP contribution is -2.52. The third-order valence-electron chi connectivity index (χ3n) is 5.75. The van der Waals surface area contributed by atoms with E-state index in [1.165, 1.54) is 5.56 Å². The van der Waals surface area contributed by atoms with Crippen LogP contribution in [-0.4, -0.2) is 71.8 Å². The van der Waals surface area contributed by atoms with Gasteiger partial charge < -0.3 is 19.7 Å². The van der Waals surface area contributed by atoms with Crippen molar-refractivity contribution in [2.75, 3.05) is 26.2 Å². The van der Waals surface area contributed by atoms with Gasteiger partial charge in [0.15, 0.2) is 0 Å². The molecule has 7 heteroatoms. The van der Waals surface area contributed by atoms with Gasteiger partial charge in [-0.15, -0.1) is 0 Å². The standard InChI is InChI=1S/C24H37N3O4/c1-18-14-20(10-11-27(18)23(29)31-24(2,3)4)25-22(28)15-21-17-26(12-13-30-21)16-19-8-6-5-7-9-19/h5-9,18,20-21H,10-17H2,1-4H3,(H,25,28)/t18-,20+,21-/m1/s1. The number of carbonyl (C=O) groups is 2. The summed E-state index contributed by atoms with van der Waals surface area (Å²) in [6.45, 7) is 11.4. The summed E-state index contributed by atoms with van der Waals surface area (Å²) in [7, 11) is 0. The molecule has 172 valence electrons. The van der Waals surface area contributed by atoms with Gasteiger partial charge in [0.25, 0.3) is 0 Å². The van der Waals surface area contributed by atoms with Gasteiger partial charge in [0.2, 0.25) is 5.91 Å². The van der Waals surface area contributed by atoms with E-state index >= 15 is 0 Å². The third-order valence-corrected chi connectivity index (χ3v) is 5.75. The fourth-order valence-electron chi connectivity index (χ4n) is 4.28. The molecule has 0 bridgehead atoms. The molecule has 31 heavy (non-hydrogen) atoms. The average Bonchev–Trinajstić information content (AvgIpc) is 2.67. The normalized spacial score (nSPS) is 25.2. The number of hydrogen-bond donors (Lipinski definition) is 1. The fraction of sp³-hybridized carbons (Fsp3) is 0.667. The molecule has 1 N–H and O–H groups in total. The first-order valence-electron chi connectivity index (χ1n) is 11.4. The van der Waals surface area contributed by atoms with Crippen LogP contribution in [0.2, 0.25) is 0 Å². The van der Waals surface area contributed by atoms with E-state index in [1.54, 1.807) is 4.90 Å². The molecule has 2 heterocycles. The van der Waals surface area contributed by atoms with Crippen molar-refractivity contribution in [3.63, 3.8) is 0 Å². The number of hydrogen-bond acceptors (Lipinski definition) is 5. The Hall–Kier alpha value is -2.12. The minimum absolute atomic E-state index is 0.0227. The molecule has 0 aliphatic carbocycles. The van der Waals surface area contributed by atoms with E-state index in [1.807, 2.05) is 33.8 Å². The van der Waals surface area contributed by atoms with E-state index in [0.717, 1.165) is 32.5 Å². The number of carbonyl (C=O) groups excluding carboxylic acids is 2. The molecule has 7 nitrogen and oxygen atoms in total. The summed E-state index contributed by atoms with van der Waals surface area (Å²) in [5.41, 5.74) is 0.773. The Bertz CT molecular complexity index is 734. The summed E-state index contributed by atoms with van der Waals surface area (Å²) in [5, 5.41) is 3.15. The van der Waals surface area contributed by atoms with Crippen LogP contribution in [0, 0.1) is 0 Å². The van der Waals surface area contributed by atoms with Crippen LogP contribution in [0.4, 0.5) is 4.79 Å². The van der Waals surface area contributed by atoms with Crippen molar-refractivity contribution in [2.45, 2.75) is 77.3 Å². The van der Waals surface area contributed by atoms with Crippen molar-refractivity contribution < 1.29 is 19.1 Å². The quantitative estimate of drug-likeness (QED) is 0.775. The maximum atomic E-state index is 12.6. The first kappa shape index (κ1) is 23.5. The topological polar surface area (TPSA) is 71.1 Å². The van der Waals surface area contributed by atoms with Crippen LogP contribution in [0.3, 0.4) is 0 Å². The minimum Gasteiger partial charge on any atom is -0.444 e. The lowest BCUT2D eigenvalue weighted by Gasteiger charge is -2.38. The largest absolute Gasteiger partial charge is 0.444 e. The number of nitrogens with one attached hydrogen (secondary N) is 1. The molecule has 3 atom stereocenters. The number of nitrogens with zero attached hydrogens (tertiary/aromatic N) is 2. The maximum absolute atomic E-state index is 12.6. The van der Waals surface area contributed by atoms with Crippen molar-refractivity contribution in [3.8, 4) is 0 Å². The molecular weight excluding hydrogens is 394 g/mol. The summed E-state index contributed by atoms with van der Waals surface area (Å²) in [6.07, 6.45) is 1.47. The molecule has 0 saturated carbocycles. The SMILES string of the molecule is C[C@@H]1C[C@@H](NC(=O)C[C@@H]2CN(Cc3ccccc3)CCO2)CCN1C(=O)OC(C)(C)C. The van der Waals surface area contributed by atoms with Gasteiger partial charge in [0.1, 0.15) is 5.60 Å². The van der Waals surface area contributed by atoms with Gasteiger partial charge >= 0.3 is 6.09 Å². The van der Waals surface area contributed by atoms with Crippen molar-refractivity contribution in [3.05, 3.63) is 35.9 Å². The Morgan fingerprint density at radius 3 is 2.61 bits per heavy atom. The Morgan fingerprint density at radius 1 is 1.19 bits per heavy atom. The van der Waals surface area contributed by atoms with E-state index in [0.29, 0.717) is 19.6 Å². The first-order chi connectivity index (χ1) is 14.7. The summed E-state index contributed by atoms with van der Waals surface area (Å²) < 4.78 is 11.3. The molecule has 2 aliphatic heterocycles. The molecule has 1 aromatic carbocycles. The molecule has 2 aliphatic rings. The van der Waals surface area contributed by atoms with Gasteiger partial charge in [-0.25, -0.2) is 4.79 Å². The van der Waals surface area contributed by atoms with E-state index in [9.17, 15) is 9.59 Å². The maximum Gasteiger partial charge on any atom is 0.410 e. The van der Waals surface area contributed by atoms with Crippen molar-refractivity contribution in [1.29, 1.82) is 0 Å². The van der Waals surface area contributed by atoms with Gasteiger partial charge in [0, 0.05) is 38.3 Å². The van der Waals surface area contributed by atoms with E-state index < -0.39 is 5.60 Å². The summed E-state index contributed by atoms with van der Waals surface area (Å²) in [5.74, 6) is 0.0227. The molecule has 0 spiro atoms. The van der Waals surface area contributed by atoms with Gasteiger partial charge in [0.05, 0.1) is 19.1 Å². The number of amides is 2. The second-order valence-electron chi connectivity index (χ2n) is 9.73. The predicted molar refractivity (Wildman–Crippen MR) is 120 cm³/mol. The van der Waals surface area contributed by atoms with Crippen LogP contribution in [0.5, 0.6) is 0 Å². The number of morpholine rings is 1. The van der Waals surface area contributed by atoms with Crippen LogP contribution in [-0.2, 0) is 20.8 Å². The fourth-order valence-corrected chi connectivity index (χ4v) is 4.28. The molecule has 1 aromatic rings. The zero-order valence-corrected chi connectivity index (χ0v) is 19.3. The third kappa shape index (κ3) is 7.51.